The van der Waals surface area contributed by atoms with E-state index in [4.69, 9.17) is 11.6 Å². The summed E-state index contributed by atoms with van der Waals surface area (Å²) in [7, 11) is 1.82. The van der Waals surface area contributed by atoms with Crippen molar-refractivity contribution in [2.75, 3.05) is 26.7 Å². The van der Waals surface area contributed by atoms with E-state index < -0.39 is 0 Å². The van der Waals surface area contributed by atoms with E-state index in [1.807, 2.05) is 7.05 Å². The number of carbonyl (C=O) groups is 1. The first-order chi connectivity index (χ1) is 8.68. The molecule has 4 nitrogen and oxygen atoms in total. The molecule has 1 fully saturated rings. The van der Waals surface area contributed by atoms with Gasteiger partial charge in [-0.2, -0.15) is 0 Å². The van der Waals surface area contributed by atoms with Gasteiger partial charge < -0.3 is 10.2 Å². The summed E-state index contributed by atoms with van der Waals surface area (Å²) in [6, 6.07) is 3.45. The number of amides is 1. The van der Waals surface area contributed by atoms with Gasteiger partial charge in [0.25, 0.3) is 5.91 Å². The highest BCUT2D eigenvalue weighted by molar-refractivity contribution is 6.32. The first kappa shape index (κ1) is 13.3. The standard InChI is InChI=1S/C13H18ClN3O/c1-17(9-10-4-2-6-15-8-10)13(18)11-5-3-7-16-12(11)14/h3,5,7,10,15H,2,4,6,8-9H2,1H3/t10-/m1/s1. The fourth-order valence-electron chi connectivity index (χ4n) is 2.30. The quantitative estimate of drug-likeness (QED) is 0.850. The highest BCUT2D eigenvalue weighted by Gasteiger charge is 2.20. The summed E-state index contributed by atoms with van der Waals surface area (Å²) in [5.74, 6) is 0.474. The van der Waals surface area contributed by atoms with Crippen molar-refractivity contribution in [2.45, 2.75) is 12.8 Å². The third kappa shape index (κ3) is 3.21. The van der Waals surface area contributed by atoms with E-state index >= 15 is 0 Å². The number of pyridine rings is 1. The summed E-state index contributed by atoms with van der Waals surface area (Å²) in [6.07, 6.45) is 3.94. The Morgan fingerprint density at radius 3 is 3.17 bits per heavy atom. The number of aromatic nitrogens is 1. The average molecular weight is 268 g/mol. The predicted molar refractivity (Wildman–Crippen MR) is 71.8 cm³/mol. The molecule has 0 aliphatic carbocycles. The topological polar surface area (TPSA) is 45.2 Å². The highest BCUT2D eigenvalue weighted by Crippen LogP contribution is 2.16. The summed E-state index contributed by atoms with van der Waals surface area (Å²) in [5.41, 5.74) is 0.477. The number of halogens is 1. The summed E-state index contributed by atoms with van der Waals surface area (Å²) < 4.78 is 0. The van der Waals surface area contributed by atoms with Gasteiger partial charge >= 0.3 is 0 Å². The van der Waals surface area contributed by atoms with Crippen molar-refractivity contribution in [3.05, 3.63) is 29.0 Å². The van der Waals surface area contributed by atoms with Crippen molar-refractivity contribution in [3.8, 4) is 0 Å². The van der Waals surface area contributed by atoms with E-state index in [1.54, 1.807) is 23.2 Å². The molecule has 1 atom stereocenters. The second-order valence-corrected chi connectivity index (χ2v) is 5.10. The molecule has 5 heteroatoms. The second kappa shape index (κ2) is 6.16. The number of rotatable bonds is 3. The number of piperidine rings is 1. The Balaban J connectivity index is 1.98. The molecule has 1 aliphatic heterocycles. The van der Waals surface area contributed by atoms with Crippen LogP contribution in [0.25, 0.3) is 0 Å². The van der Waals surface area contributed by atoms with Crippen LogP contribution in [0.5, 0.6) is 0 Å². The Bertz CT molecular complexity index is 418. The molecule has 0 aromatic carbocycles. The van der Waals surface area contributed by atoms with Gasteiger partial charge in [-0.15, -0.1) is 0 Å². The summed E-state index contributed by atoms with van der Waals surface area (Å²) in [6.45, 7) is 2.83. The Kier molecular flexibility index (Phi) is 4.55. The fourth-order valence-corrected chi connectivity index (χ4v) is 2.50. The van der Waals surface area contributed by atoms with E-state index in [1.165, 1.54) is 12.8 Å². The third-order valence-corrected chi connectivity index (χ3v) is 3.57. The molecule has 1 aromatic rings. The minimum absolute atomic E-state index is 0.0568. The third-order valence-electron chi connectivity index (χ3n) is 3.27. The van der Waals surface area contributed by atoms with Crippen LogP contribution in [0, 0.1) is 5.92 Å². The van der Waals surface area contributed by atoms with Gasteiger partial charge in [0.15, 0.2) is 0 Å². The highest BCUT2D eigenvalue weighted by atomic mass is 35.5. The van der Waals surface area contributed by atoms with Crippen molar-refractivity contribution in [1.29, 1.82) is 0 Å². The summed E-state index contributed by atoms with van der Waals surface area (Å²) in [5, 5.41) is 3.63. The molecule has 1 aliphatic rings. The second-order valence-electron chi connectivity index (χ2n) is 4.74. The molecule has 0 spiro atoms. The SMILES string of the molecule is CN(C[C@@H]1CCCNC1)C(=O)c1cccnc1Cl. The van der Waals surface area contributed by atoms with Gasteiger partial charge in [-0.3, -0.25) is 4.79 Å². The molecule has 0 bridgehead atoms. The zero-order chi connectivity index (χ0) is 13.0. The fraction of sp³-hybridized carbons (Fsp3) is 0.538. The van der Waals surface area contributed by atoms with Crippen molar-refractivity contribution >= 4 is 17.5 Å². The number of hydrogen-bond donors (Lipinski definition) is 1. The first-order valence-electron chi connectivity index (χ1n) is 6.25. The van der Waals surface area contributed by atoms with Crippen LogP contribution in [0.15, 0.2) is 18.3 Å². The number of nitrogens with zero attached hydrogens (tertiary/aromatic N) is 2. The molecule has 1 N–H and O–H groups in total. The monoisotopic (exact) mass is 267 g/mol. The maximum Gasteiger partial charge on any atom is 0.256 e. The molecule has 2 rings (SSSR count). The van der Waals surface area contributed by atoms with Crippen LogP contribution in [0.4, 0.5) is 0 Å². The Morgan fingerprint density at radius 1 is 1.67 bits per heavy atom. The molecule has 0 unspecified atom stereocenters. The zero-order valence-electron chi connectivity index (χ0n) is 10.5. The van der Waals surface area contributed by atoms with E-state index in [0.29, 0.717) is 11.5 Å². The first-order valence-corrected chi connectivity index (χ1v) is 6.63. The van der Waals surface area contributed by atoms with Crippen molar-refractivity contribution in [2.24, 2.45) is 5.92 Å². The lowest BCUT2D eigenvalue weighted by molar-refractivity contribution is 0.0764. The average Bonchev–Trinajstić information content (AvgIpc) is 2.39. The Hall–Kier alpha value is -1.13. The van der Waals surface area contributed by atoms with Crippen molar-refractivity contribution < 1.29 is 4.79 Å². The zero-order valence-corrected chi connectivity index (χ0v) is 11.3. The van der Waals surface area contributed by atoms with Gasteiger partial charge in [0.2, 0.25) is 0 Å². The van der Waals surface area contributed by atoms with E-state index in [9.17, 15) is 4.79 Å². The van der Waals surface area contributed by atoms with Crippen molar-refractivity contribution in [1.82, 2.24) is 15.2 Å². The lowest BCUT2D eigenvalue weighted by atomic mass is 9.99. The van der Waals surface area contributed by atoms with Crippen LogP contribution in [-0.4, -0.2) is 42.5 Å². The lowest BCUT2D eigenvalue weighted by Gasteiger charge is -2.27. The molecular weight excluding hydrogens is 250 g/mol. The number of nitrogens with one attached hydrogen (secondary N) is 1. The predicted octanol–water partition coefficient (Wildman–Crippen LogP) is 1.81. The summed E-state index contributed by atoms with van der Waals surface area (Å²) in [4.78, 5) is 17.9. The minimum atomic E-state index is -0.0568. The van der Waals surface area contributed by atoms with Gasteiger partial charge in [0.1, 0.15) is 5.15 Å². The maximum atomic E-state index is 12.2. The number of hydrogen-bond acceptors (Lipinski definition) is 3. The largest absolute Gasteiger partial charge is 0.341 e. The molecule has 1 aromatic heterocycles. The van der Waals surface area contributed by atoms with Gasteiger partial charge in [-0.25, -0.2) is 4.98 Å². The molecule has 18 heavy (non-hydrogen) atoms. The van der Waals surface area contributed by atoms with E-state index in [0.717, 1.165) is 19.6 Å². The lowest BCUT2D eigenvalue weighted by Crippen LogP contribution is -2.39. The molecule has 2 heterocycles. The van der Waals surface area contributed by atoms with Crippen LogP contribution >= 0.6 is 11.6 Å². The van der Waals surface area contributed by atoms with Gasteiger partial charge in [-0.05, 0) is 44.0 Å². The molecule has 1 saturated heterocycles. The molecule has 98 valence electrons. The van der Waals surface area contributed by atoms with Crippen LogP contribution in [0.2, 0.25) is 5.15 Å². The Morgan fingerprint density at radius 2 is 2.50 bits per heavy atom. The maximum absolute atomic E-state index is 12.2. The molecule has 0 saturated carbocycles. The summed E-state index contributed by atoms with van der Waals surface area (Å²) >= 11 is 5.93. The van der Waals surface area contributed by atoms with Crippen LogP contribution < -0.4 is 5.32 Å². The van der Waals surface area contributed by atoms with Crippen molar-refractivity contribution in [3.63, 3.8) is 0 Å². The van der Waals surface area contributed by atoms with Gasteiger partial charge in [-0.1, -0.05) is 11.6 Å². The van der Waals surface area contributed by atoms with Gasteiger partial charge in [0, 0.05) is 19.8 Å². The Labute approximate surface area is 112 Å². The minimum Gasteiger partial charge on any atom is -0.341 e. The molecular formula is C13H18ClN3O. The van der Waals surface area contributed by atoms with Crippen LogP contribution in [-0.2, 0) is 0 Å². The normalized spacial score (nSPS) is 19.6. The van der Waals surface area contributed by atoms with E-state index in [-0.39, 0.29) is 11.1 Å². The van der Waals surface area contributed by atoms with E-state index in [2.05, 4.69) is 10.3 Å². The molecule has 0 radical (unpaired) electrons. The smallest absolute Gasteiger partial charge is 0.256 e. The molecule has 1 amide bonds. The van der Waals surface area contributed by atoms with Crippen LogP contribution in [0.1, 0.15) is 23.2 Å². The van der Waals surface area contributed by atoms with Gasteiger partial charge in [0.05, 0.1) is 5.56 Å². The van der Waals surface area contributed by atoms with Crippen LogP contribution in [0.3, 0.4) is 0 Å². The number of carbonyl (C=O) groups excluding carboxylic acids is 1.